The van der Waals surface area contributed by atoms with Gasteiger partial charge in [0.15, 0.2) is 3.95 Å². The van der Waals surface area contributed by atoms with E-state index in [1.54, 1.807) is 0 Å². The molecule has 4 heteroatoms. The zero-order valence-corrected chi connectivity index (χ0v) is 8.48. The Labute approximate surface area is 83.7 Å². The van der Waals surface area contributed by atoms with Crippen molar-refractivity contribution in [1.82, 2.24) is 4.98 Å². The minimum absolute atomic E-state index is 0.735. The Morgan fingerprint density at radius 3 is 2.75 bits per heavy atom. The third kappa shape index (κ3) is 1.33. The Bertz CT molecular complexity index is 523. The summed E-state index contributed by atoms with van der Waals surface area (Å²) in [7, 11) is 0. The summed E-state index contributed by atoms with van der Waals surface area (Å²) < 4.78 is 1.59. The van der Waals surface area contributed by atoms with E-state index >= 15 is 0 Å². The Morgan fingerprint density at radius 2 is 1.92 bits per heavy atom. The van der Waals surface area contributed by atoms with E-state index in [4.69, 9.17) is 24.4 Å². The summed E-state index contributed by atoms with van der Waals surface area (Å²) in [5.41, 5.74) is 1.02. The van der Waals surface area contributed by atoms with Crippen molar-refractivity contribution in [2.75, 3.05) is 0 Å². The minimum Gasteiger partial charge on any atom is -0.338 e. The van der Waals surface area contributed by atoms with Crippen molar-refractivity contribution in [1.29, 1.82) is 0 Å². The largest absolute Gasteiger partial charge is 0.338 e. The van der Waals surface area contributed by atoms with Crippen LogP contribution in [-0.4, -0.2) is 4.98 Å². The van der Waals surface area contributed by atoms with Gasteiger partial charge in [-0.25, -0.2) is 0 Å². The van der Waals surface area contributed by atoms with Gasteiger partial charge in [-0.3, -0.25) is 0 Å². The fourth-order valence-corrected chi connectivity index (χ4v) is 2.61. The highest BCUT2D eigenvalue weighted by Gasteiger charge is 1.93. The maximum absolute atomic E-state index is 5.17. The maximum atomic E-state index is 5.17. The van der Waals surface area contributed by atoms with Gasteiger partial charge < -0.3 is 4.98 Å². The maximum Gasteiger partial charge on any atom is 0.160 e. The Hall–Kier alpha value is -0.580. The fourth-order valence-electron chi connectivity index (χ4n) is 1.04. The number of fused-ring (bicyclic) bond motifs is 1. The molecule has 0 radical (unpaired) electrons. The van der Waals surface area contributed by atoms with E-state index < -0.39 is 0 Å². The first-order chi connectivity index (χ1) is 5.77. The van der Waals surface area contributed by atoms with E-state index in [2.05, 4.69) is 4.98 Å². The summed E-state index contributed by atoms with van der Waals surface area (Å²) >= 11 is 11.6. The van der Waals surface area contributed by atoms with Crippen LogP contribution in [0.1, 0.15) is 0 Å². The molecule has 1 N–H and O–H groups in total. The molecule has 0 fully saturated rings. The van der Waals surface area contributed by atoms with Crippen LogP contribution in [0.5, 0.6) is 0 Å². The molecule has 0 aliphatic heterocycles. The normalized spacial score (nSPS) is 10.3. The summed E-state index contributed by atoms with van der Waals surface area (Å²) in [6.07, 6.45) is 0. The standard InChI is InChI=1S/C8H5NS3/c10-7-5-3-1-2-4-6(5)9-8(11)12-7/h1-4H,(H,9,11). The topological polar surface area (TPSA) is 15.8 Å². The van der Waals surface area contributed by atoms with E-state index in [0.717, 1.165) is 18.7 Å². The van der Waals surface area contributed by atoms with Crippen LogP contribution < -0.4 is 0 Å². The lowest BCUT2D eigenvalue weighted by molar-refractivity contribution is 1.45. The molecule has 1 aromatic heterocycles. The Balaban J connectivity index is 3.09. The molecule has 0 aliphatic carbocycles. The second kappa shape index (κ2) is 3.05. The van der Waals surface area contributed by atoms with Crippen LogP contribution in [0.3, 0.4) is 0 Å². The van der Waals surface area contributed by atoms with E-state index in [1.807, 2.05) is 24.3 Å². The average molecular weight is 211 g/mol. The number of aromatic amines is 1. The first-order valence-corrected chi connectivity index (χ1v) is 5.03. The van der Waals surface area contributed by atoms with E-state index in [1.165, 1.54) is 11.3 Å². The molecule has 0 aliphatic rings. The Morgan fingerprint density at radius 1 is 1.17 bits per heavy atom. The highest BCUT2D eigenvalue weighted by Crippen LogP contribution is 2.16. The van der Waals surface area contributed by atoms with Gasteiger partial charge in [-0.1, -0.05) is 41.8 Å². The van der Waals surface area contributed by atoms with Crippen molar-refractivity contribution in [2.24, 2.45) is 0 Å². The van der Waals surface area contributed by atoms with Crippen LogP contribution >= 0.6 is 35.8 Å². The molecule has 0 amide bonds. The molecule has 1 heterocycles. The van der Waals surface area contributed by atoms with Gasteiger partial charge in [0.05, 0.1) is 0 Å². The molecule has 0 bridgehead atoms. The summed E-state index contributed by atoms with van der Waals surface area (Å²) in [5.74, 6) is 0. The minimum atomic E-state index is 0.735. The molecule has 1 aromatic carbocycles. The van der Waals surface area contributed by atoms with Gasteiger partial charge in [-0.2, -0.15) is 0 Å². The van der Waals surface area contributed by atoms with E-state index in [9.17, 15) is 0 Å². The highest BCUT2D eigenvalue weighted by molar-refractivity contribution is 7.76. The molecule has 1 nitrogen and oxygen atoms in total. The second-order valence-electron chi connectivity index (χ2n) is 2.35. The van der Waals surface area contributed by atoms with Crippen LogP contribution in [-0.2, 0) is 0 Å². The number of aromatic nitrogens is 1. The van der Waals surface area contributed by atoms with Crippen molar-refractivity contribution >= 4 is 46.7 Å². The first-order valence-electron chi connectivity index (χ1n) is 3.39. The lowest BCUT2D eigenvalue weighted by Crippen LogP contribution is -1.76. The molecular weight excluding hydrogens is 206 g/mol. The third-order valence-electron chi connectivity index (χ3n) is 1.57. The predicted octanol–water partition coefficient (Wildman–Crippen LogP) is 3.69. The summed E-state index contributed by atoms with van der Waals surface area (Å²) in [4.78, 5) is 3.10. The number of nitrogens with one attached hydrogen (secondary N) is 1. The number of benzene rings is 1. The lowest BCUT2D eigenvalue weighted by atomic mass is 10.3. The molecule has 0 saturated carbocycles. The summed E-state index contributed by atoms with van der Waals surface area (Å²) in [5, 5.41) is 1.08. The molecule has 2 aromatic rings. The molecule has 0 saturated heterocycles. The highest BCUT2D eigenvalue weighted by atomic mass is 32.2. The van der Waals surface area contributed by atoms with Crippen LogP contribution in [0.2, 0.25) is 0 Å². The van der Waals surface area contributed by atoms with Crippen LogP contribution in [0.15, 0.2) is 24.3 Å². The molecular formula is C8H5NS3. The van der Waals surface area contributed by atoms with E-state index in [-0.39, 0.29) is 0 Å². The van der Waals surface area contributed by atoms with Crippen molar-refractivity contribution < 1.29 is 0 Å². The monoisotopic (exact) mass is 211 g/mol. The second-order valence-corrected chi connectivity index (χ2v) is 4.70. The molecule has 0 spiro atoms. The number of para-hydroxylation sites is 1. The van der Waals surface area contributed by atoms with E-state index in [0.29, 0.717) is 0 Å². The van der Waals surface area contributed by atoms with Crippen molar-refractivity contribution in [3.05, 3.63) is 32.0 Å². The van der Waals surface area contributed by atoms with Gasteiger partial charge >= 0.3 is 0 Å². The number of hydrogen-bond acceptors (Lipinski definition) is 3. The first kappa shape index (κ1) is 8.04. The molecule has 60 valence electrons. The Kier molecular flexibility index (Phi) is 2.04. The lowest BCUT2D eigenvalue weighted by Gasteiger charge is -1.94. The third-order valence-corrected chi connectivity index (χ3v) is 3.08. The average Bonchev–Trinajstić information content (AvgIpc) is 2.04. The van der Waals surface area contributed by atoms with Gasteiger partial charge in [0.2, 0.25) is 0 Å². The van der Waals surface area contributed by atoms with Gasteiger partial charge in [-0.05, 0) is 18.3 Å². The summed E-state index contributed by atoms with van der Waals surface area (Å²) in [6, 6.07) is 7.92. The molecule has 2 rings (SSSR count). The van der Waals surface area contributed by atoms with Crippen LogP contribution in [0.4, 0.5) is 0 Å². The van der Waals surface area contributed by atoms with Gasteiger partial charge in [-0.15, -0.1) is 0 Å². The number of hydrogen-bond donors (Lipinski definition) is 1. The molecule has 12 heavy (non-hydrogen) atoms. The van der Waals surface area contributed by atoms with Crippen molar-refractivity contribution in [3.63, 3.8) is 0 Å². The fraction of sp³-hybridized carbons (Fsp3) is 0. The van der Waals surface area contributed by atoms with Gasteiger partial charge in [0.1, 0.15) is 3.82 Å². The SMILES string of the molecule is S=c1[nH]c2ccccc2c(=S)s1. The van der Waals surface area contributed by atoms with Gasteiger partial charge in [0, 0.05) is 10.9 Å². The molecule has 0 atom stereocenters. The zero-order chi connectivity index (χ0) is 8.55. The van der Waals surface area contributed by atoms with Gasteiger partial charge in [0.25, 0.3) is 0 Å². The zero-order valence-electron chi connectivity index (χ0n) is 6.03. The predicted molar refractivity (Wildman–Crippen MR) is 57.8 cm³/mol. The number of rotatable bonds is 0. The quantitative estimate of drug-likeness (QED) is 0.669. The smallest absolute Gasteiger partial charge is 0.160 e. The van der Waals surface area contributed by atoms with Crippen LogP contribution in [0, 0.1) is 7.78 Å². The van der Waals surface area contributed by atoms with Crippen LogP contribution in [0.25, 0.3) is 10.9 Å². The van der Waals surface area contributed by atoms with Crippen molar-refractivity contribution in [3.8, 4) is 0 Å². The number of H-pyrrole nitrogens is 1. The van der Waals surface area contributed by atoms with Crippen molar-refractivity contribution in [2.45, 2.75) is 0 Å². The summed E-state index contributed by atoms with van der Waals surface area (Å²) in [6.45, 7) is 0. The molecule has 0 unspecified atom stereocenters.